The molecule has 0 aliphatic carbocycles. The first-order valence-corrected chi connectivity index (χ1v) is 10.3. The average molecular weight is 389 g/mol. The fourth-order valence-electron chi connectivity index (χ4n) is 3.61. The van der Waals surface area contributed by atoms with Gasteiger partial charge in [0.25, 0.3) is 11.8 Å². The monoisotopic (exact) mass is 389 g/mol. The maximum absolute atomic E-state index is 12.4. The van der Waals surface area contributed by atoms with E-state index < -0.39 is 0 Å². The lowest BCUT2D eigenvalue weighted by Crippen LogP contribution is -2.29. The number of hydrogen-bond donors (Lipinski definition) is 0. The summed E-state index contributed by atoms with van der Waals surface area (Å²) in [5.41, 5.74) is 1.70. The van der Waals surface area contributed by atoms with E-state index in [-0.39, 0.29) is 18.4 Å². The van der Waals surface area contributed by atoms with Crippen molar-refractivity contribution in [1.29, 1.82) is 0 Å². The number of imide groups is 1. The van der Waals surface area contributed by atoms with Gasteiger partial charge in [0.2, 0.25) is 0 Å². The van der Waals surface area contributed by atoms with Crippen LogP contribution in [-0.4, -0.2) is 29.9 Å². The molecule has 2 amide bonds. The van der Waals surface area contributed by atoms with E-state index >= 15 is 0 Å². The smallest absolute Gasteiger partial charge is 0.262 e. The summed E-state index contributed by atoms with van der Waals surface area (Å²) < 4.78 is 5.98. The first kappa shape index (κ1) is 20.7. The molecule has 0 unspecified atom stereocenters. The van der Waals surface area contributed by atoms with Crippen LogP contribution in [0.3, 0.4) is 0 Å². The van der Waals surface area contributed by atoms with Crippen molar-refractivity contribution < 1.29 is 14.3 Å². The fraction of sp³-hybridized carbons (Fsp3) is 0.360. The van der Waals surface area contributed by atoms with Gasteiger partial charge in [-0.1, -0.05) is 56.7 Å². The molecule has 150 valence electrons. The Morgan fingerprint density at radius 1 is 0.931 bits per heavy atom. The number of carbonyl (C=O) groups excluding carboxylic acids is 2. The lowest BCUT2D eigenvalue weighted by atomic mass is 9.99. The van der Waals surface area contributed by atoms with E-state index in [0.717, 1.165) is 24.2 Å². The van der Waals surface area contributed by atoms with Crippen molar-refractivity contribution in [1.82, 2.24) is 4.90 Å². The highest BCUT2D eigenvalue weighted by Gasteiger charge is 2.34. The number of benzene rings is 2. The van der Waals surface area contributed by atoms with Gasteiger partial charge in [0.15, 0.2) is 0 Å². The van der Waals surface area contributed by atoms with Crippen LogP contribution in [0, 0.1) is 17.8 Å². The van der Waals surface area contributed by atoms with Gasteiger partial charge >= 0.3 is 0 Å². The van der Waals surface area contributed by atoms with Gasteiger partial charge in [0, 0.05) is 5.56 Å². The van der Waals surface area contributed by atoms with E-state index in [0.29, 0.717) is 23.7 Å². The van der Waals surface area contributed by atoms with E-state index in [4.69, 9.17) is 4.74 Å². The van der Waals surface area contributed by atoms with Crippen molar-refractivity contribution in [2.45, 2.75) is 39.5 Å². The molecule has 4 heteroatoms. The second kappa shape index (κ2) is 9.93. The van der Waals surface area contributed by atoms with Crippen molar-refractivity contribution in [3.63, 3.8) is 0 Å². The Bertz CT molecular complexity index is 897. The lowest BCUT2D eigenvalue weighted by molar-refractivity contribution is 0.0675. The number of ether oxygens (including phenoxy) is 1. The standard InChI is InChI=1S/C25H27NO3/c1-3-9-20(10-4-2)18-29-21-13-7-11-19(17-21)12-8-16-26-24(27)22-14-5-6-15-23(22)25(26)28/h5-7,11,13-15,17,20H,3-4,9-10,16,18H2,1-2H3. The van der Waals surface area contributed by atoms with E-state index in [1.54, 1.807) is 24.3 Å². The number of hydrogen-bond acceptors (Lipinski definition) is 3. The van der Waals surface area contributed by atoms with Crippen molar-refractivity contribution in [2.75, 3.05) is 13.2 Å². The molecule has 0 atom stereocenters. The van der Waals surface area contributed by atoms with Crippen LogP contribution in [-0.2, 0) is 0 Å². The van der Waals surface area contributed by atoms with Gasteiger partial charge in [-0.25, -0.2) is 0 Å². The third kappa shape index (κ3) is 5.06. The van der Waals surface area contributed by atoms with E-state index in [1.807, 2.05) is 24.3 Å². The quantitative estimate of drug-likeness (QED) is 0.475. The second-order valence-corrected chi connectivity index (χ2v) is 7.33. The Hall–Kier alpha value is -3.06. The molecule has 2 aromatic rings. The van der Waals surface area contributed by atoms with Gasteiger partial charge in [-0.15, -0.1) is 0 Å². The summed E-state index contributed by atoms with van der Waals surface area (Å²) in [5.74, 6) is 6.81. The molecule has 0 N–H and O–H groups in total. The minimum Gasteiger partial charge on any atom is -0.493 e. The summed E-state index contributed by atoms with van der Waals surface area (Å²) in [5, 5.41) is 0. The molecule has 0 fully saturated rings. The van der Waals surface area contributed by atoms with Gasteiger partial charge in [-0.2, -0.15) is 0 Å². The molecular formula is C25H27NO3. The zero-order chi connectivity index (χ0) is 20.6. The maximum atomic E-state index is 12.4. The Morgan fingerprint density at radius 3 is 2.21 bits per heavy atom. The number of fused-ring (bicyclic) bond motifs is 1. The van der Waals surface area contributed by atoms with Crippen LogP contribution in [0.1, 0.15) is 65.8 Å². The summed E-state index contributed by atoms with van der Waals surface area (Å²) >= 11 is 0. The van der Waals surface area contributed by atoms with E-state index in [1.165, 1.54) is 17.7 Å². The van der Waals surface area contributed by atoms with Crippen LogP contribution < -0.4 is 4.74 Å². The molecule has 0 saturated heterocycles. The van der Waals surface area contributed by atoms with Crippen molar-refractivity contribution in [3.8, 4) is 17.6 Å². The number of carbonyl (C=O) groups is 2. The second-order valence-electron chi connectivity index (χ2n) is 7.33. The zero-order valence-corrected chi connectivity index (χ0v) is 17.1. The molecule has 0 radical (unpaired) electrons. The molecule has 29 heavy (non-hydrogen) atoms. The van der Waals surface area contributed by atoms with Crippen LogP contribution in [0.25, 0.3) is 0 Å². The van der Waals surface area contributed by atoms with Gasteiger partial charge in [-0.3, -0.25) is 14.5 Å². The lowest BCUT2D eigenvalue weighted by Gasteiger charge is -2.16. The Kier molecular flexibility index (Phi) is 7.08. The maximum Gasteiger partial charge on any atom is 0.262 e. The van der Waals surface area contributed by atoms with Crippen LogP contribution in [0.15, 0.2) is 48.5 Å². The average Bonchev–Trinajstić information content (AvgIpc) is 2.98. The largest absolute Gasteiger partial charge is 0.493 e. The molecule has 4 nitrogen and oxygen atoms in total. The normalized spacial score (nSPS) is 12.7. The molecule has 0 saturated carbocycles. The molecule has 1 aliphatic heterocycles. The van der Waals surface area contributed by atoms with Gasteiger partial charge < -0.3 is 4.74 Å². The summed E-state index contributed by atoms with van der Waals surface area (Å²) in [6.07, 6.45) is 4.68. The summed E-state index contributed by atoms with van der Waals surface area (Å²) in [7, 11) is 0. The van der Waals surface area contributed by atoms with Crippen molar-refractivity contribution in [3.05, 3.63) is 65.2 Å². The molecule has 1 aliphatic rings. The highest BCUT2D eigenvalue weighted by Crippen LogP contribution is 2.22. The zero-order valence-electron chi connectivity index (χ0n) is 17.1. The molecular weight excluding hydrogens is 362 g/mol. The predicted octanol–water partition coefficient (Wildman–Crippen LogP) is 4.93. The molecule has 3 rings (SSSR count). The first-order valence-electron chi connectivity index (χ1n) is 10.3. The van der Waals surface area contributed by atoms with Crippen LogP contribution in [0.5, 0.6) is 5.75 Å². The first-order chi connectivity index (χ1) is 14.1. The van der Waals surface area contributed by atoms with Gasteiger partial charge in [-0.05, 0) is 49.1 Å². The highest BCUT2D eigenvalue weighted by atomic mass is 16.5. The van der Waals surface area contributed by atoms with Crippen LogP contribution in [0.4, 0.5) is 0 Å². The molecule has 0 aromatic heterocycles. The Labute approximate surface area is 172 Å². The number of nitrogens with zero attached hydrogens (tertiary/aromatic N) is 1. The summed E-state index contributed by atoms with van der Waals surface area (Å²) in [6, 6.07) is 14.5. The van der Waals surface area contributed by atoms with Crippen LogP contribution in [0.2, 0.25) is 0 Å². The van der Waals surface area contributed by atoms with Crippen molar-refractivity contribution >= 4 is 11.8 Å². The van der Waals surface area contributed by atoms with Crippen LogP contribution >= 0.6 is 0 Å². The predicted molar refractivity (Wildman–Crippen MR) is 114 cm³/mol. The molecule has 1 heterocycles. The Morgan fingerprint density at radius 2 is 1.59 bits per heavy atom. The van der Waals surface area contributed by atoms with Gasteiger partial charge in [0.1, 0.15) is 5.75 Å². The Balaban J connectivity index is 1.61. The number of rotatable bonds is 8. The summed E-state index contributed by atoms with van der Waals surface area (Å²) in [6.45, 7) is 5.20. The number of amides is 2. The van der Waals surface area contributed by atoms with E-state index in [2.05, 4.69) is 25.7 Å². The molecule has 0 spiro atoms. The SMILES string of the molecule is CCCC(CCC)COc1cccc(C#CCN2C(=O)c3ccccc3C2=O)c1. The topological polar surface area (TPSA) is 46.6 Å². The summed E-state index contributed by atoms with van der Waals surface area (Å²) in [4.78, 5) is 25.9. The highest BCUT2D eigenvalue weighted by molar-refractivity contribution is 6.21. The molecule has 2 aromatic carbocycles. The van der Waals surface area contributed by atoms with E-state index in [9.17, 15) is 9.59 Å². The fourth-order valence-corrected chi connectivity index (χ4v) is 3.61. The minimum atomic E-state index is -0.283. The third-order valence-corrected chi connectivity index (χ3v) is 5.06. The van der Waals surface area contributed by atoms with Crippen molar-refractivity contribution in [2.24, 2.45) is 5.92 Å². The minimum absolute atomic E-state index is 0.0759. The third-order valence-electron chi connectivity index (χ3n) is 5.06. The molecule has 0 bridgehead atoms. The van der Waals surface area contributed by atoms with Gasteiger partial charge in [0.05, 0.1) is 24.3 Å².